The zero-order valence-electron chi connectivity index (χ0n) is 6.89. The van der Waals surface area contributed by atoms with Crippen LogP contribution in [0.2, 0.25) is 5.02 Å². The number of halogens is 1. The van der Waals surface area contributed by atoms with Crippen LogP contribution in [0, 0.1) is 18.3 Å². The third kappa shape index (κ3) is 1.37. The number of rotatable bonds is 1. The molecule has 0 aliphatic carbocycles. The van der Waals surface area contributed by atoms with Gasteiger partial charge in [-0.25, -0.2) is 0 Å². The normalized spacial score (nSPS) is 9.17. The molecule has 0 heterocycles. The molecule has 0 unspecified atom stereocenters. The number of hydrogen-bond acceptors (Lipinski definition) is 2. The van der Waals surface area contributed by atoms with E-state index in [1.54, 1.807) is 6.07 Å². The number of aryl methyl sites for hydroxylation is 1. The largest absolute Gasteiger partial charge is 0.495 e. The summed E-state index contributed by atoms with van der Waals surface area (Å²) in [6, 6.07) is 5.51. The van der Waals surface area contributed by atoms with Gasteiger partial charge in [0.1, 0.15) is 17.4 Å². The van der Waals surface area contributed by atoms with Gasteiger partial charge in [-0.1, -0.05) is 17.7 Å². The van der Waals surface area contributed by atoms with Crippen LogP contribution in [0.25, 0.3) is 0 Å². The molecule has 1 aromatic rings. The van der Waals surface area contributed by atoms with Gasteiger partial charge < -0.3 is 4.74 Å². The highest BCUT2D eigenvalue weighted by Gasteiger charge is 2.09. The van der Waals surface area contributed by atoms with Crippen molar-refractivity contribution in [1.82, 2.24) is 0 Å². The van der Waals surface area contributed by atoms with E-state index >= 15 is 0 Å². The summed E-state index contributed by atoms with van der Waals surface area (Å²) in [5.41, 5.74) is 1.32. The zero-order chi connectivity index (χ0) is 9.14. The van der Waals surface area contributed by atoms with Crippen molar-refractivity contribution in [1.29, 1.82) is 5.26 Å². The summed E-state index contributed by atoms with van der Waals surface area (Å²) < 4.78 is 5.04. The first-order valence-electron chi connectivity index (χ1n) is 3.44. The summed E-state index contributed by atoms with van der Waals surface area (Å²) in [7, 11) is 1.53. The van der Waals surface area contributed by atoms with Crippen LogP contribution in [-0.2, 0) is 0 Å². The number of benzene rings is 1. The Labute approximate surface area is 76.3 Å². The fourth-order valence-electron chi connectivity index (χ4n) is 1.03. The second-order valence-corrected chi connectivity index (χ2v) is 2.79. The van der Waals surface area contributed by atoms with Crippen molar-refractivity contribution >= 4 is 11.6 Å². The summed E-state index contributed by atoms with van der Waals surface area (Å²) in [5, 5.41) is 9.17. The van der Waals surface area contributed by atoms with Gasteiger partial charge in [-0.2, -0.15) is 5.26 Å². The molecule has 0 N–H and O–H groups in total. The van der Waals surface area contributed by atoms with Crippen molar-refractivity contribution in [3.8, 4) is 11.8 Å². The van der Waals surface area contributed by atoms with Gasteiger partial charge in [0, 0.05) is 0 Å². The number of ether oxygens (including phenoxy) is 1. The second-order valence-electron chi connectivity index (χ2n) is 2.38. The Morgan fingerprint density at radius 1 is 1.50 bits per heavy atom. The lowest BCUT2D eigenvalue weighted by atomic mass is 10.1. The Hall–Kier alpha value is -1.20. The number of hydrogen-bond donors (Lipinski definition) is 0. The molecular formula is C9H8ClNO. The Balaban J connectivity index is 3.41. The molecule has 12 heavy (non-hydrogen) atoms. The van der Waals surface area contributed by atoms with E-state index in [0.29, 0.717) is 16.3 Å². The van der Waals surface area contributed by atoms with Crippen LogP contribution in [-0.4, -0.2) is 7.11 Å². The van der Waals surface area contributed by atoms with Crippen LogP contribution in [0.5, 0.6) is 5.75 Å². The second kappa shape index (κ2) is 3.46. The van der Waals surface area contributed by atoms with Crippen molar-refractivity contribution in [2.24, 2.45) is 0 Å². The highest BCUT2D eigenvalue weighted by Crippen LogP contribution is 2.28. The van der Waals surface area contributed by atoms with Crippen molar-refractivity contribution in [2.45, 2.75) is 6.92 Å². The highest BCUT2D eigenvalue weighted by atomic mass is 35.5. The van der Waals surface area contributed by atoms with Crippen LogP contribution in [0.3, 0.4) is 0 Å². The van der Waals surface area contributed by atoms with E-state index in [2.05, 4.69) is 0 Å². The molecule has 0 aliphatic heterocycles. The van der Waals surface area contributed by atoms with Gasteiger partial charge in [-0.15, -0.1) is 0 Å². The minimum absolute atomic E-state index is 0.402. The fraction of sp³-hybridized carbons (Fsp3) is 0.222. The predicted octanol–water partition coefficient (Wildman–Crippen LogP) is 2.53. The van der Waals surface area contributed by atoms with Gasteiger partial charge in [0.25, 0.3) is 0 Å². The molecule has 0 saturated heterocycles. The lowest BCUT2D eigenvalue weighted by Gasteiger charge is -2.06. The third-order valence-electron chi connectivity index (χ3n) is 1.62. The van der Waals surface area contributed by atoms with E-state index in [-0.39, 0.29) is 0 Å². The van der Waals surface area contributed by atoms with E-state index in [1.807, 2.05) is 19.1 Å². The van der Waals surface area contributed by atoms with E-state index in [4.69, 9.17) is 21.6 Å². The van der Waals surface area contributed by atoms with E-state index in [1.165, 1.54) is 7.11 Å². The molecule has 0 aromatic heterocycles. The van der Waals surface area contributed by atoms with Crippen molar-refractivity contribution in [2.75, 3.05) is 7.11 Å². The SMILES string of the molecule is COc1c(C)ccc(Cl)c1C#N. The van der Waals surface area contributed by atoms with Crippen LogP contribution in [0.4, 0.5) is 0 Å². The predicted molar refractivity (Wildman–Crippen MR) is 47.5 cm³/mol. The number of methoxy groups -OCH3 is 1. The first-order valence-corrected chi connectivity index (χ1v) is 3.81. The minimum Gasteiger partial charge on any atom is -0.495 e. The van der Waals surface area contributed by atoms with Gasteiger partial charge in [0.15, 0.2) is 0 Å². The molecule has 1 aromatic carbocycles. The quantitative estimate of drug-likeness (QED) is 0.667. The zero-order valence-corrected chi connectivity index (χ0v) is 7.64. The third-order valence-corrected chi connectivity index (χ3v) is 1.93. The molecule has 0 spiro atoms. The van der Waals surface area contributed by atoms with Crippen molar-refractivity contribution in [3.63, 3.8) is 0 Å². The first kappa shape index (κ1) is 8.89. The first-order chi connectivity index (χ1) is 5.70. The van der Waals surface area contributed by atoms with Gasteiger partial charge in [0.05, 0.1) is 12.1 Å². The Morgan fingerprint density at radius 3 is 2.58 bits per heavy atom. The van der Waals surface area contributed by atoms with Crippen LogP contribution in [0.15, 0.2) is 12.1 Å². The average Bonchev–Trinajstić information content (AvgIpc) is 2.08. The summed E-state index contributed by atoms with van der Waals surface area (Å²) in [6.07, 6.45) is 0. The van der Waals surface area contributed by atoms with Crippen LogP contribution < -0.4 is 4.74 Å². The smallest absolute Gasteiger partial charge is 0.141 e. The molecule has 62 valence electrons. The molecule has 0 bridgehead atoms. The van der Waals surface area contributed by atoms with Gasteiger partial charge in [-0.3, -0.25) is 0 Å². The van der Waals surface area contributed by atoms with Crippen LogP contribution >= 0.6 is 11.6 Å². The minimum atomic E-state index is 0.402. The van der Waals surface area contributed by atoms with Gasteiger partial charge in [0.2, 0.25) is 0 Å². The van der Waals surface area contributed by atoms with E-state index < -0.39 is 0 Å². The molecule has 0 fully saturated rings. The molecule has 1 rings (SSSR count). The number of nitriles is 1. The standard InChI is InChI=1S/C9H8ClNO/c1-6-3-4-8(10)7(5-11)9(6)12-2/h3-4H,1-2H3. The highest BCUT2D eigenvalue weighted by molar-refractivity contribution is 6.32. The lowest BCUT2D eigenvalue weighted by molar-refractivity contribution is 0.410. The summed E-state index contributed by atoms with van der Waals surface area (Å²) in [5.74, 6) is 0.560. The molecular weight excluding hydrogens is 174 g/mol. The lowest BCUT2D eigenvalue weighted by Crippen LogP contribution is -1.91. The molecule has 0 radical (unpaired) electrons. The average molecular weight is 182 g/mol. The maximum atomic E-state index is 8.74. The molecule has 0 saturated carbocycles. The van der Waals surface area contributed by atoms with Gasteiger partial charge >= 0.3 is 0 Å². The summed E-state index contributed by atoms with van der Waals surface area (Å²) in [6.45, 7) is 1.87. The fourth-order valence-corrected chi connectivity index (χ4v) is 1.22. The van der Waals surface area contributed by atoms with Crippen molar-refractivity contribution in [3.05, 3.63) is 28.3 Å². The van der Waals surface area contributed by atoms with Crippen molar-refractivity contribution < 1.29 is 4.74 Å². The Morgan fingerprint density at radius 2 is 2.17 bits per heavy atom. The monoisotopic (exact) mass is 181 g/mol. The topological polar surface area (TPSA) is 33.0 Å². The molecule has 0 atom stereocenters. The van der Waals surface area contributed by atoms with Crippen LogP contribution in [0.1, 0.15) is 11.1 Å². The molecule has 0 aliphatic rings. The van der Waals surface area contributed by atoms with E-state index in [0.717, 1.165) is 5.56 Å². The maximum absolute atomic E-state index is 8.74. The Kier molecular flexibility index (Phi) is 2.57. The van der Waals surface area contributed by atoms with Gasteiger partial charge in [-0.05, 0) is 18.6 Å². The maximum Gasteiger partial charge on any atom is 0.141 e. The Bertz CT molecular complexity index is 341. The molecule has 0 amide bonds. The number of nitrogens with zero attached hydrogens (tertiary/aromatic N) is 1. The molecule has 3 heteroatoms. The summed E-state index contributed by atoms with van der Waals surface area (Å²) >= 11 is 5.78. The summed E-state index contributed by atoms with van der Waals surface area (Å²) in [4.78, 5) is 0. The molecule has 2 nitrogen and oxygen atoms in total. The van der Waals surface area contributed by atoms with E-state index in [9.17, 15) is 0 Å².